The molecule has 1 heterocycles. The fraction of sp³-hybridized carbons (Fsp3) is 0.400. The van der Waals surface area contributed by atoms with E-state index in [9.17, 15) is 14.7 Å². The van der Waals surface area contributed by atoms with Gasteiger partial charge in [0, 0.05) is 12.0 Å². The van der Waals surface area contributed by atoms with Crippen molar-refractivity contribution in [2.45, 2.75) is 38.1 Å². The highest BCUT2D eigenvalue weighted by Gasteiger charge is 2.45. The van der Waals surface area contributed by atoms with Gasteiger partial charge < -0.3 is 14.8 Å². The standard InChI is InChI=1S/C25H28N2O4/c1-31-26-21-15-22(23(25(29)30)19-9-5-6-10-19)27(16-21)24(28)20-13-11-18(12-14-20)17-7-3-2-4-8-17/h2-4,7-8,11-14,19,22-23H,5-6,9-10,15-16H2,1H3,(H,29,30)/t22-,23?/m0/s1. The maximum absolute atomic E-state index is 13.4. The zero-order chi connectivity index (χ0) is 21.8. The second-order valence-electron chi connectivity index (χ2n) is 8.40. The van der Waals surface area contributed by atoms with E-state index in [2.05, 4.69) is 5.16 Å². The van der Waals surface area contributed by atoms with E-state index in [0.717, 1.165) is 36.8 Å². The Morgan fingerprint density at radius 2 is 1.68 bits per heavy atom. The van der Waals surface area contributed by atoms with Crippen molar-refractivity contribution in [3.05, 3.63) is 60.2 Å². The number of amides is 1. The summed E-state index contributed by atoms with van der Waals surface area (Å²) in [4.78, 5) is 32.3. The zero-order valence-electron chi connectivity index (χ0n) is 17.7. The molecule has 0 aromatic heterocycles. The largest absolute Gasteiger partial charge is 0.481 e. The van der Waals surface area contributed by atoms with Crippen molar-refractivity contribution in [2.24, 2.45) is 17.0 Å². The lowest BCUT2D eigenvalue weighted by Crippen LogP contribution is -2.45. The highest BCUT2D eigenvalue weighted by atomic mass is 16.6. The highest BCUT2D eigenvalue weighted by molar-refractivity contribution is 6.01. The predicted octanol–water partition coefficient (Wildman–Crippen LogP) is 4.46. The molecule has 2 aromatic rings. The summed E-state index contributed by atoms with van der Waals surface area (Å²) < 4.78 is 0. The molecule has 1 N–H and O–H groups in total. The molecule has 162 valence electrons. The third-order valence-corrected chi connectivity index (χ3v) is 6.53. The molecule has 0 spiro atoms. The van der Waals surface area contributed by atoms with E-state index in [0.29, 0.717) is 24.2 Å². The molecule has 1 saturated heterocycles. The molecule has 6 heteroatoms. The van der Waals surface area contributed by atoms with Crippen molar-refractivity contribution in [2.75, 3.05) is 13.7 Å². The van der Waals surface area contributed by atoms with Crippen LogP contribution in [0.5, 0.6) is 0 Å². The quantitative estimate of drug-likeness (QED) is 0.700. The van der Waals surface area contributed by atoms with E-state index < -0.39 is 17.9 Å². The molecule has 0 radical (unpaired) electrons. The molecule has 1 amide bonds. The number of hydrogen-bond donors (Lipinski definition) is 1. The third kappa shape index (κ3) is 4.48. The fourth-order valence-electron chi connectivity index (χ4n) is 5.07. The number of carbonyl (C=O) groups excluding carboxylic acids is 1. The highest BCUT2D eigenvalue weighted by Crippen LogP contribution is 2.38. The van der Waals surface area contributed by atoms with Crippen molar-refractivity contribution < 1.29 is 19.5 Å². The first-order valence-corrected chi connectivity index (χ1v) is 10.9. The summed E-state index contributed by atoms with van der Waals surface area (Å²) in [5.74, 6) is -1.47. The van der Waals surface area contributed by atoms with Gasteiger partial charge in [-0.2, -0.15) is 0 Å². The van der Waals surface area contributed by atoms with E-state index in [4.69, 9.17) is 4.84 Å². The number of aliphatic carboxylic acids is 1. The average molecular weight is 421 g/mol. The Labute approximate surface area is 182 Å². The van der Waals surface area contributed by atoms with Crippen LogP contribution in [0.15, 0.2) is 59.8 Å². The summed E-state index contributed by atoms with van der Waals surface area (Å²) in [5.41, 5.74) is 3.39. The van der Waals surface area contributed by atoms with Gasteiger partial charge in [-0.25, -0.2) is 0 Å². The lowest BCUT2D eigenvalue weighted by molar-refractivity contribution is -0.145. The van der Waals surface area contributed by atoms with Crippen molar-refractivity contribution >= 4 is 17.6 Å². The minimum Gasteiger partial charge on any atom is -0.481 e. The molecule has 2 aromatic carbocycles. The minimum absolute atomic E-state index is 0.0974. The van der Waals surface area contributed by atoms with E-state index in [1.54, 1.807) is 4.90 Å². The van der Waals surface area contributed by atoms with Crippen LogP contribution in [0.1, 0.15) is 42.5 Å². The summed E-state index contributed by atoms with van der Waals surface area (Å²) in [6.07, 6.45) is 4.34. The van der Waals surface area contributed by atoms with Crippen molar-refractivity contribution in [3.63, 3.8) is 0 Å². The molecular formula is C25H28N2O4. The number of nitrogens with zero attached hydrogens (tertiary/aromatic N) is 2. The SMILES string of the molecule is CON=C1C[C@@H](C(C(=O)O)C2CCCC2)N(C(=O)c2ccc(-c3ccccc3)cc2)C1. The van der Waals surface area contributed by atoms with Crippen LogP contribution >= 0.6 is 0 Å². The molecule has 1 saturated carbocycles. The summed E-state index contributed by atoms with van der Waals surface area (Å²) in [6.45, 7) is 0.300. The Morgan fingerprint density at radius 3 is 2.29 bits per heavy atom. The lowest BCUT2D eigenvalue weighted by Gasteiger charge is -2.32. The smallest absolute Gasteiger partial charge is 0.308 e. The van der Waals surface area contributed by atoms with Crippen LogP contribution in [-0.4, -0.2) is 47.3 Å². The van der Waals surface area contributed by atoms with Crippen LogP contribution in [0.4, 0.5) is 0 Å². The third-order valence-electron chi connectivity index (χ3n) is 6.53. The first-order valence-electron chi connectivity index (χ1n) is 10.9. The van der Waals surface area contributed by atoms with Crippen molar-refractivity contribution in [3.8, 4) is 11.1 Å². The van der Waals surface area contributed by atoms with Gasteiger partial charge in [-0.05, 0) is 42.0 Å². The van der Waals surface area contributed by atoms with Crippen molar-refractivity contribution in [1.29, 1.82) is 0 Å². The molecule has 2 fully saturated rings. The normalized spacial score (nSPS) is 21.4. The molecular weight excluding hydrogens is 392 g/mol. The first-order chi connectivity index (χ1) is 15.1. The molecule has 6 nitrogen and oxygen atoms in total. The van der Waals surface area contributed by atoms with Crippen LogP contribution < -0.4 is 0 Å². The average Bonchev–Trinajstić information content (AvgIpc) is 3.45. The predicted molar refractivity (Wildman–Crippen MR) is 119 cm³/mol. The number of carboxylic acid groups (broad SMARTS) is 1. The summed E-state index contributed by atoms with van der Waals surface area (Å²) in [7, 11) is 1.47. The number of rotatable bonds is 6. The Hall–Kier alpha value is -3.15. The van der Waals surface area contributed by atoms with Crippen LogP contribution in [0.25, 0.3) is 11.1 Å². The summed E-state index contributed by atoms with van der Waals surface area (Å²) >= 11 is 0. The lowest BCUT2D eigenvalue weighted by atomic mass is 9.83. The number of likely N-dealkylation sites (tertiary alicyclic amines) is 1. The van der Waals surface area contributed by atoms with Gasteiger partial charge in [-0.3, -0.25) is 9.59 Å². The van der Waals surface area contributed by atoms with Crippen LogP contribution in [0.3, 0.4) is 0 Å². The van der Waals surface area contributed by atoms with Gasteiger partial charge in [0.05, 0.1) is 24.2 Å². The Morgan fingerprint density at radius 1 is 1.03 bits per heavy atom. The molecule has 31 heavy (non-hydrogen) atoms. The second kappa shape index (κ2) is 9.33. The van der Waals surface area contributed by atoms with Gasteiger partial charge >= 0.3 is 5.97 Å². The monoisotopic (exact) mass is 420 g/mol. The molecule has 4 rings (SSSR count). The molecule has 2 aliphatic rings. The first kappa shape index (κ1) is 21.1. The Balaban J connectivity index is 1.60. The van der Waals surface area contributed by atoms with E-state index >= 15 is 0 Å². The van der Waals surface area contributed by atoms with Crippen LogP contribution in [-0.2, 0) is 9.63 Å². The number of oxime groups is 1. The van der Waals surface area contributed by atoms with E-state index in [1.165, 1.54) is 7.11 Å². The van der Waals surface area contributed by atoms with Crippen LogP contribution in [0.2, 0.25) is 0 Å². The summed E-state index contributed by atoms with van der Waals surface area (Å²) in [6, 6.07) is 17.1. The second-order valence-corrected chi connectivity index (χ2v) is 8.40. The Bertz CT molecular complexity index is 949. The van der Waals surface area contributed by atoms with Gasteiger partial charge in [0.2, 0.25) is 0 Å². The molecule has 1 unspecified atom stereocenters. The molecule has 1 aliphatic heterocycles. The van der Waals surface area contributed by atoms with Gasteiger partial charge in [0.15, 0.2) is 0 Å². The van der Waals surface area contributed by atoms with E-state index in [1.807, 2.05) is 54.6 Å². The van der Waals surface area contributed by atoms with Crippen LogP contribution in [0, 0.1) is 11.8 Å². The van der Waals surface area contributed by atoms with Gasteiger partial charge in [0.25, 0.3) is 5.91 Å². The zero-order valence-corrected chi connectivity index (χ0v) is 17.7. The minimum atomic E-state index is -0.826. The van der Waals surface area contributed by atoms with Gasteiger partial charge in [-0.1, -0.05) is 60.5 Å². The topological polar surface area (TPSA) is 79.2 Å². The number of carbonyl (C=O) groups is 2. The summed E-state index contributed by atoms with van der Waals surface area (Å²) in [5, 5.41) is 14.1. The molecule has 1 aliphatic carbocycles. The number of carboxylic acids is 1. The van der Waals surface area contributed by atoms with E-state index in [-0.39, 0.29) is 11.8 Å². The van der Waals surface area contributed by atoms with Crippen molar-refractivity contribution in [1.82, 2.24) is 4.90 Å². The van der Waals surface area contributed by atoms with Gasteiger partial charge in [0.1, 0.15) is 7.11 Å². The molecule has 2 atom stereocenters. The number of hydrogen-bond acceptors (Lipinski definition) is 4. The maximum Gasteiger partial charge on any atom is 0.308 e. The fourth-order valence-corrected chi connectivity index (χ4v) is 5.07. The number of benzene rings is 2. The molecule has 0 bridgehead atoms. The van der Waals surface area contributed by atoms with Gasteiger partial charge in [-0.15, -0.1) is 0 Å². The maximum atomic E-state index is 13.4. The Kier molecular flexibility index (Phi) is 6.35.